The Hall–Kier alpha value is -0.870. The quantitative estimate of drug-likeness (QED) is 0.309. The van der Waals surface area contributed by atoms with Crippen LogP contribution in [0.15, 0.2) is 28.1 Å². The van der Waals surface area contributed by atoms with E-state index < -0.39 is 9.84 Å². The van der Waals surface area contributed by atoms with Gasteiger partial charge >= 0.3 is 0 Å². The molecule has 0 amide bonds. The molecule has 0 aliphatic carbocycles. The Morgan fingerprint density at radius 1 is 1.30 bits per heavy atom. The van der Waals surface area contributed by atoms with E-state index in [9.17, 15) is 8.42 Å². The molecule has 8 heteroatoms. The molecule has 2 N–H and O–H groups in total. The number of nitrogens with zero attached hydrogens (tertiary/aromatic N) is 2. The van der Waals surface area contributed by atoms with E-state index in [1.54, 1.807) is 6.07 Å². The van der Waals surface area contributed by atoms with Crippen LogP contribution in [-0.4, -0.2) is 57.3 Å². The van der Waals surface area contributed by atoms with Crippen LogP contribution in [-0.2, 0) is 16.4 Å². The van der Waals surface area contributed by atoms with Crippen LogP contribution in [0.4, 0.5) is 0 Å². The highest BCUT2D eigenvalue weighted by atomic mass is 127. The van der Waals surface area contributed by atoms with Gasteiger partial charge in [-0.15, -0.1) is 24.0 Å². The fourth-order valence-electron chi connectivity index (χ4n) is 3.89. The summed E-state index contributed by atoms with van der Waals surface area (Å²) in [5.74, 6) is 1.54. The van der Waals surface area contributed by atoms with Gasteiger partial charge in [-0.25, -0.2) is 13.4 Å². The lowest BCUT2D eigenvalue weighted by atomic mass is 9.93. The molecule has 1 aromatic rings. The first kappa shape index (κ1) is 27.2. The van der Waals surface area contributed by atoms with Gasteiger partial charge in [0.1, 0.15) is 0 Å². The molecule has 0 radical (unpaired) electrons. The van der Waals surface area contributed by atoms with E-state index in [1.165, 1.54) is 19.1 Å². The molecule has 6 nitrogen and oxygen atoms in total. The number of aliphatic imine (C=N–C) groups is 1. The van der Waals surface area contributed by atoms with Crippen LogP contribution in [0.25, 0.3) is 0 Å². The molecular weight excluding hydrogens is 511 g/mol. The van der Waals surface area contributed by atoms with Gasteiger partial charge in [-0.3, -0.25) is 4.90 Å². The lowest BCUT2D eigenvalue weighted by Gasteiger charge is -2.43. The summed E-state index contributed by atoms with van der Waals surface area (Å²) >= 11 is 0. The third kappa shape index (κ3) is 8.00. The van der Waals surface area contributed by atoms with Crippen LogP contribution in [0.2, 0.25) is 0 Å². The van der Waals surface area contributed by atoms with Crippen LogP contribution >= 0.6 is 24.0 Å². The summed E-state index contributed by atoms with van der Waals surface area (Å²) in [6, 6.07) is 5.43. The van der Waals surface area contributed by atoms with Crippen LogP contribution < -0.4 is 10.6 Å². The third-order valence-electron chi connectivity index (χ3n) is 5.60. The first-order valence-electron chi connectivity index (χ1n) is 10.6. The molecule has 30 heavy (non-hydrogen) atoms. The topological polar surface area (TPSA) is 73.8 Å². The van der Waals surface area contributed by atoms with Crippen molar-refractivity contribution in [3.63, 3.8) is 0 Å². The normalized spacial score (nSPS) is 18.6. The van der Waals surface area contributed by atoms with Crippen LogP contribution in [0.3, 0.4) is 0 Å². The Balaban J connectivity index is 0.00000450. The number of benzene rings is 1. The molecule has 1 aliphatic rings. The molecule has 1 atom stereocenters. The second kappa shape index (κ2) is 11.7. The van der Waals surface area contributed by atoms with Gasteiger partial charge in [0.05, 0.1) is 11.4 Å². The highest BCUT2D eigenvalue weighted by Gasteiger charge is 2.30. The zero-order valence-corrected chi connectivity index (χ0v) is 22.4. The summed E-state index contributed by atoms with van der Waals surface area (Å²) in [7, 11) is -3.20. The van der Waals surface area contributed by atoms with Crippen molar-refractivity contribution in [3.05, 3.63) is 29.3 Å². The van der Waals surface area contributed by atoms with Crippen molar-refractivity contribution in [2.24, 2.45) is 10.9 Å². The van der Waals surface area contributed by atoms with E-state index in [0.29, 0.717) is 11.4 Å². The Bertz CT molecular complexity index is 824. The Kier molecular flexibility index (Phi) is 10.6. The van der Waals surface area contributed by atoms with Crippen molar-refractivity contribution < 1.29 is 8.42 Å². The van der Waals surface area contributed by atoms with E-state index in [1.807, 2.05) is 19.1 Å². The number of hydrogen-bond donors (Lipinski definition) is 2. The van der Waals surface area contributed by atoms with E-state index in [-0.39, 0.29) is 29.5 Å². The van der Waals surface area contributed by atoms with Crippen LogP contribution in [0.5, 0.6) is 0 Å². The first-order valence-corrected chi connectivity index (χ1v) is 12.5. The molecular formula is C22H39IN4O2S. The van der Waals surface area contributed by atoms with Crippen molar-refractivity contribution in [2.75, 3.05) is 32.4 Å². The summed E-state index contributed by atoms with van der Waals surface area (Å²) in [4.78, 5) is 7.66. The lowest BCUT2D eigenvalue weighted by molar-refractivity contribution is 0.0739. The summed E-state index contributed by atoms with van der Waals surface area (Å²) in [5, 5.41) is 6.81. The number of guanidine groups is 1. The van der Waals surface area contributed by atoms with Gasteiger partial charge in [0, 0.05) is 31.4 Å². The van der Waals surface area contributed by atoms with Crippen molar-refractivity contribution in [1.29, 1.82) is 0 Å². The molecule has 1 fully saturated rings. The van der Waals surface area contributed by atoms with Gasteiger partial charge in [0.15, 0.2) is 15.8 Å². The van der Waals surface area contributed by atoms with Crippen LogP contribution in [0.1, 0.15) is 51.7 Å². The SMILES string of the molecule is CCNC(=NCc1ccc(S(C)(=O)=O)c(C)c1)NCC(C)(C)N1CCCC(C)C1.I. The predicted molar refractivity (Wildman–Crippen MR) is 137 cm³/mol. The van der Waals surface area contributed by atoms with Gasteiger partial charge in [0.25, 0.3) is 0 Å². The molecule has 0 aromatic heterocycles. The fraction of sp³-hybridized carbons (Fsp3) is 0.682. The predicted octanol–water partition coefficient (Wildman–Crippen LogP) is 3.58. The van der Waals surface area contributed by atoms with Gasteiger partial charge < -0.3 is 10.6 Å². The maximum Gasteiger partial charge on any atom is 0.191 e. The van der Waals surface area contributed by atoms with Crippen molar-refractivity contribution in [3.8, 4) is 0 Å². The highest BCUT2D eigenvalue weighted by Crippen LogP contribution is 2.23. The smallest absolute Gasteiger partial charge is 0.191 e. The Morgan fingerprint density at radius 2 is 2.00 bits per heavy atom. The summed E-state index contributed by atoms with van der Waals surface area (Å²) in [6.45, 7) is 15.2. The fourth-order valence-corrected chi connectivity index (χ4v) is 4.85. The summed E-state index contributed by atoms with van der Waals surface area (Å²) in [6.07, 6.45) is 3.83. The van der Waals surface area contributed by atoms with E-state index in [2.05, 4.69) is 43.2 Å². The largest absolute Gasteiger partial charge is 0.357 e. The monoisotopic (exact) mass is 550 g/mol. The van der Waals surface area contributed by atoms with Gasteiger partial charge in [-0.2, -0.15) is 0 Å². The number of piperidine rings is 1. The second-order valence-corrected chi connectivity index (χ2v) is 10.9. The standard InChI is InChI=1S/C22H38N4O2S.HI/c1-7-23-21(25-16-22(4,5)26-12-8-9-17(2)15-26)24-14-19-10-11-20(18(3)13-19)29(6,27)28;/h10-11,13,17H,7-9,12,14-16H2,1-6H3,(H2,23,24,25);1H. The maximum atomic E-state index is 11.8. The van der Waals surface area contributed by atoms with Crippen molar-refractivity contribution >= 4 is 39.8 Å². The molecule has 1 heterocycles. The Morgan fingerprint density at radius 3 is 2.57 bits per heavy atom. The highest BCUT2D eigenvalue weighted by molar-refractivity contribution is 14.0. The van der Waals surface area contributed by atoms with Crippen LogP contribution in [0, 0.1) is 12.8 Å². The maximum absolute atomic E-state index is 11.8. The van der Waals surface area contributed by atoms with E-state index in [4.69, 9.17) is 4.99 Å². The van der Waals surface area contributed by atoms with Crippen molar-refractivity contribution in [1.82, 2.24) is 15.5 Å². The number of halogens is 1. The van der Waals surface area contributed by atoms with E-state index >= 15 is 0 Å². The molecule has 1 aromatic carbocycles. The summed E-state index contributed by atoms with van der Waals surface area (Å²) in [5.41, 5.74) is 1.81. The molecule has 1 aliphatic heterocycles. The van der Waals surface area contributed by atoms with E-state index in [0.717, 1.165) is 49.2 Å². The van der Waals surface area contributed by atoms with Gasteiger partial charge in [-0.05, 0) is 70.2 Å². The first-order chi connectivity index (χ1) is 13.5. The molecule has 0 saturated carbocycles. The number of aryl methyl sites for hydroxylation is 1. The number of hydrogen-bond acceptors (Lipinski definition) is 4. The average molecular weight is 551 g/mol. The zero-order valence-electron chi connectivity index (χ0n) is 19.3. The molecule has 1 unspecified atom stereocenters. The number of sulfone groups is 1. The Labute approximate surface area is 200 Å². The summed E-state index contributed by atoms with van der Waals surface area (Å²) < 4.78 is 23.6. The molecule has 1 saturated heterocycles. The minimum Gasteiger partial charge on any atom is -0.357 e. The minimum atomic E-state index is -3.20. The van der Waals surface area contributed by atoms with Gasteiger partial charge in [-0.1, -0.05) is 19.1 Å². The zero-order chi connectivity index (χ0) is 21.7. The average Bonchev–Trinajstić information content (AvgIpc) is 2.63. The lowest BCUT2D eigenvalue weighted by Crippen LogP contribution is -2.55. The molecule has 0 spiro atoms. The third-order valence-corrected chi connectivity index (χ3v) is 6.86. The molecule has 2 rings (SSSR count). The number of rotatable bonds is 7. The number of nitrogens with one attached hydrogen (secondary N) is 2. The van der Waals surface area contributed by atoms with Gasteiger partial charge in [0.2, 0.25) is 0 Å². The molecule has 0 bridgehead atoms. The minimum absolute atomic E-state index is 0. The molecule has 172 valence electrons. The second-order valence-electron chi connectivity index (χ2n) is 8.93. The van der Waals surface area contributed by atoms with Crippen molar-refractivity contribution in [2.45, 2.75) is 64.4 Å². The number of likely N-dealkylation sites (tertiary alicyclic amines) is 1.